The Morgan fingerprint density at radius 3 is 2.29 bits per heavy atom. The quantitative estimate of drug-likeness (QED) is 0.722. The number of nitrogens with one attached hydrogen (secondary N) is 2. The fraction of sp³-hybridized carbons (Fsp3) is 0.278. The van der Waals surface area contributed by atoms with Gasteiger partial charge in [-0.25, -0.2) is 13.1 Å². The Balaban J connectivity index is 1.99. The van der Waals surface area contributed by atoms with Crippen molar-refractivity contribution >= 4 is 15.9 Å². The van der Waals surface area contributed by atoms with E-state index in [9.17, 15) is 13.2 Å². The molecular weight excluding hydrogens is 324 g/mol. The van der Waals surface area contributed by atoms with Gasteiger partial charge in [-0.15, -0.1) is 0 Å². The highest BCUT2D eigenvalue weighted by Crippen LogP contribution is 2.11. The second kappa shape index (κ2) is 8.61. The number of carbonyl (C=O) groups is 1. The van der Waals surface area contributed by atoms with Crippen LogP contribution >= 0.6 is 0 Å². The number of sulfonamides is 1. The Hall–Kier alpha value is -2.18. The topological polar surface area (TPSA) is 75.3 Å². The Morgan fingerprint density at radius 2 is 1.67 bits per heavy atom. The summed E-state index contributed by atoms with van der Waals surface area (Å²) < 4.78 is 27.1. The molecule has 0 aliphatic rings. The van der Waals surface area contributed by atoms with E-state index in [2.05, 4.69) is 10.0 Å². The molecule has 0 fully saturated rings. The first kappa shape index (κ1) is 18.2. The van der Waals surface area contributed by atoms with E-state index in [4.69, 9.17) is 0 Å². The maximum Gasteiger partial charge on any atom is 0.251 e. The summed E-state index contributed by atoms with van der Waals surface area (Å²) in [5.41, 5.74) is 1.33. The fourth-order valence-electron chi connectivity index (χ4n) is 2.12. The SMILES string of the molecule is CCCCNC(=O)c1ccc(S(=O)(=O)NCc2ccccc2)cc1. The van der Waals surface area contributed by atoms with Gasteiger partial charge in [0, 0.05) is 18.7 Å². The fourth-order valence-corrected chi connectivity index (χ4v) is 3.14. The minimum atomic E-state index is -3.60. The van der Waals surface area contributed by atoms with Crippen LogP contribution < -0.4 is 10.0 Å². The second-order valence-electron chi connectivity index (χ2n) is 5.44. The molecule has 2 N–H and O–H groups in total. The monoisotopic (exact) mass is 346 g/mol. The molecule has 6 heteroatoms. The Bertz CT molecular complexity index is 757. The van der Waals surface area contributed by atoms with E-state index in [-0.39, 0.29) is 17.3 Å². The average Bonchev–Trinajstić information content (AvgIpc) is 2.61. The van der Waals surface area contributed by atoms with Crippen LogP contribution in [0.25, 0.3) is 0 Å². The number of benzene rings is 2. The predicted molar refractivity (Wildman–Crippen MR) is 94.2 cm³/mol. The number of carbonyl (C=O) groups excluding carboxylic acids is 1. The maximum atomic E-state index is 12.3. The van der Waals surface area contributed by atoms with Crippen molar-refractivity contribution in [3.8, 4) is 0 Å². The van der Waals surface area contributed by atoms with Crippen molar-refractivity contribution in [3.63, 3.8) is 0 Å². The molecule has 0 saturated carbocycles. The first-order chi connectivity index (χ1) is 11.5. The van der Waals surface area contributed by atoms with Crippen LogP contribution in [0.1, 0.15) is 35.7 Å². The van der Waals surface area contributed by atoms with Gasteiger partial charge in [-0.3, -0.25) is 4.79 Å². The van der Waals surface area contributed by atoms with E-state index < -0.39 is 10.0 Å². The summed E-state index contributed by atoms with van der Waals surface area (Å²) in [5.74, 6) is -0.190. The lowest BCUT2D eigenvalue weighted by atomic mass is 10.2. The molecule has 0 radical (unpaired) electrons. The van der Waals surface area contributed by atoms with Crippen LogP contribution in [0, 0.1) is 0 Å². The molecule has 0 bridgehead atoms. The molecule has 2 rings (SSSR count). The van der Waals surface area contributed by atoms with Crippen LogP contribution in [-0.2, 0) is 16.6 Å². The van der Waals surface area contributed by atoms with E-state index >= 15 is 0 Å². The van der Waals surface area contributed by atoms with Crippen LogP contribution in [0.3, 0.4) is 0 Å². The molecule has 24 heavy (non-hydrogen) atoms. The first-order valence-electron chi connectivity index (χ1n) is 7.95. The summed E-state index contributed by atoms with van der Waals surface area (Å²) in [6, 6.07) is 15.2. The third-order valence-corrected chi connectivity index (χ3v) is 4.97. The van der Waals surface area contributed by atoms with Crippen molar-refractivity contribution in [1.29, 1.82) is 0 Å². The van der Waals surface area contributed by atoms with Crippen molar-refractivity contribution in [2.45, 2.75) is 31.2 Å². The molecular formula is C18H22N2O3S. The summed E-state index contributed by atoms with van der Waals surface area (Å²) in [5, 5.41) is 2.80. The van der Waals surface area contributed by atoms with Crippen LogP contribution in [0.15, 0.2) is 59.5 Å². The minimum Gasteiger partial charge on any atom is -0.352 e. The normalized spacial score (nSPS) is 11.2. The zero-order valence-corrected chi connectivity index (χ0v) is 14.5. The van der Waals surface area contributed by atoms with Crippen molar-refractivity contribution < 1.29 is 13.2 Å². The lowest BCUT2D eigenvalue weighted by Gasteiger charge is -2.08. The van der Waals surface area contributed by atoms with Crippen molar-refractivity contribution in [2.24, 2.45) is 0 Å². The van der Waals surface area contributed by atoms with Crippen molar-refractivity contribution in [2.75, 3.05) is 6.54 Å². The summed E-state index contributed by atoms with van der Waals surface area (Å²) in [6.45, 7) is 2.89. The maximum absolute atomic E-state index is 12.3. The zero-order chi connectivity index (χ0) is 17.4. The van der Waals surface area contributed by atoms with Gasteiger partial charge in [-0.05, 0) is 36.2 Å². The molecule has 5 nitrogen and oxygen atoms in total. The highest BCUT2D eigenvalue weighted by Gasteiger charge is 2.14. The number of unbranched alkanes of at least 4 members (excludes halogenated alkanes) is 1. The Morgan fingerprint density at radius 1 is 1.00 bits per heavy atom. The highest BCUT2D eigenvalue weighted by atomic mass is 32.2. The van der Waals surface area contributed by atoms with Gasteiger partial charge < -0.3 is 5.32 Å². The zero-order valence-electron chi connectivity index (χ0n) is 13.7. The van der Waals surface area contributed by atoms with E-state index in [0.717, 1.165) is 18.4 Å². The second-order valence-corrected chi connectivity index (χ2v) is 7.21. The molecule has 0 atom stereocenters. The van der Waals surface area contributed by atoms with Gasteiger partial charge in [-0.2, -0.15) is 0 Å². The first-order valence-corrected chi connectivity index (χ1v) is 9.43. The van der Waals surface area contributed by atoms with Gasteiger partial charge in [0.15, 0.2) is 0 Å². The van der Waals surface area contributed by atoms with Crippen LogP contribution in [-0.4, -0.2) is 20.9 Å². The molecule has 0 heterocycles. The molecule has 2 aromatic rings. The smallest absolute Gasteiger partial charge is 0.251 e. The molecule has 0 aliphatic carbocycles. The molecule has 0 aliphatic heterocycles. The van der Waals surface area contributed by atoms with Gasteiger partial charge in [-0.1, -0.05) is 43.7 Å². The molecule has 0 spiro atoms. The van der Waals surface area contributed by atoms with Gasteiger partial charge >= 0.3 is 0 Å². The molecule has 2 aromatic carbocycles. The van der Waals surface area contributed by atoms with E-state index in [1.807, 2.05) is 37.3 Å². The third kappa shape index (κ3) is 5.18. The Kier molecular flexibility index (Phi) is 6.52. The predicted octanol–water partition coefficient (Wildman–Crippen LogP) is 2.70. The van der Waals surface area contributed by atoms with Gasteiger partial charge in [0.2, 0.25) is 10.0 Å². The molecule has 0 aromatic heterocycles. The van der Waals surface area contributed by atoms with Crippen LogP contribution in [0.4, 0.5) is 0 Å². The molecule has 0 saturated heterocycles. The number of hydrogen-bond donors (Lipinski definition) is 2. The summed E-state index contributed by atoms with van der Waals surface area (Å²) in [7, 11) is -3.60. The van der Waals surface area contributed by atoms with Gasteiger partial charge in [0.25, 0.3) is 5.91 Å². The van der Waals surface area contributed by atoms with Crippen LogP contribution in [0.2, 0.25) is 0 Å². The highest BCUT2D eigenvalue weighted by molar-refractivity contribution is 7.89. The molecule has 0 unspecified atom stereocenters. The van der Waals surface area contributed by atoms with Crippen molar-refractivity contribution in [1.82, 2.24) is 10.0 Å². The van der Waals surface area contributed by atoms with Gasteiger partial charge in [0.1, 0.15) is 0 Å². The van der Waals surface area contributed by atoms with Crippen molar-refractivity contribution in [3.05, 3.63) is 65.7 Å². The van der Waals surface area contributed by atoms with E-state index in [0.29, 0.717) is 12.1 Å². The molecule has 1 amide bonds. The summed E-state index contributed by atoms with van der Waals surface area (Å²) in [6.07, 6.45) is 1.92. The summed E-state index contributed by atoms with van der Waals surface area (Å²) >= 11 is 0. The summed E-state index contributed by atoms with van der Waals surface area (Å²) in [4.78, 5) is 12.1. The number of rotatable bonds is 8. The van der Waals surface area contributed by atoms with Gasteiger partial charge in [0.05, 0.1) is 4.90 Å². The number of hydrogen-bond acceptors (Lipinski definition) is 3. The van der Waals surface area contributed by atoms with Crippen LogP contribution in [0.5, 0.6) is 0 Å². The lowest BCUT2D eigenvalue weighted by Crippen LogP contribution is -2.25. The Labute approximate surface area is 143 Å². The minimum absolute atomic E-state index is 0.142. The lowest BCUT2D eigenvalue weighted by molar-refractivity contribution is 0.0953. The average molecular weight is 346 g/mol. The number of amides is 1. The molecule has 128 valence electrons. The van der Waals surface area contributed by atoms with E-state index in [1.54, 1.807) is 0 Å². The van der Waals surface area contributed by atoms with E-state index in [1.165, 1.54) is 24.3 Å². The largest absolute Gasteiger partial charge is 0.352 e. The third-order valence-electron chi connectivity index (χ3n) is 3.55. The standard InChI is InChI=1S/C18H22N2O3S/c1-2-3-13-19-18(21)16-9-11-17(12-10-16)24(22,23)20-14-15-7-5-4-6-8-15/h4-12,20H,2-3,13-14H2,1H3,(H,19,21).